The number of benzene rings is 2. The quantitative estimate of drug-likeness (QED) is 0.105. The van der Waals surface area contributed by atoms with Gasteiger partial charge >= 0.3 is 0 Å². The number of unbranched alkanes of at least 4 members (excludes halogenated alkanes) is 17. The minimum atomic E-state index is 0.334. The highest BCUT2D eigenvalue weighted by molar-refractivity contribution is 5.45. The summed E-state index contributed by atoms with van der Waals surface area (Å²) in [6.45, 7) is 4.18. The van der Waals surface area contributed by atoms with Crippen molar-refractivity contribution in [2.45, 2.75) is 129 Å². The molecule has 0 saturated heterocycles. The van der Waals surface area contributed by atoms with Gasteiger partial charge < -0.3 is 14.6 Å². The number of aliphatic hydroxyl groups excluding tert-OH is 1. The van der Waals surface area contributed by atoms with Crippen LogP contribution in [0.3, 0.4) is 0 Å². The highest BCUT2D eigenvalue weighted by atomic mass is 16.5. The first-order chi connectivity index (χ1) is 19.8. The second-order valence-corrected chi connectivity index (χ2v) is 11.1. The Kier molecular flexibility index (Phi) is 20.6. The van der Waals surface area contributed by atoms with Crippen LogP contribution in [0.4, 0.5) is 0 Å². The van der Waals surface area contributed by atoms with Crippen molar-refractivity contribution >= 4 is 0 Å². The van der Waals surface area contributed by atoms with Gasteiger partial charge in [0.1, 0.15) is 11.5 Å². The summed E-state index contributed by atoms with van der Waals surface area (Å²) in [5.74, 6) is 8.35. The second-order valence-electron chi connectivity index (χ2n) is 11.1. The zero-order valence-corrected chi connectivity index (χ0v) is 25.4. The molecule has 222 valence electrons. The largest absolute Gasteiger partial charge is 0.494 e. The summed E-state index contributed by atoms with van der Waals surface area (Å²) < 4.78 is 11.8. The van der Waals surface area contributed by atoms with Gasteiger partial charge in [-0.25, -0.2) is 0 Å². The fourth-order valence-corrected chi connectivity index (χ4v) is 4.83. The number of ether oxygens (including phenoxy) is 2. The van der Waals surface area contributed by atoms with Gasteiger partial charge in [-0.2, -0.15) is 0 Å². The SMILES string of the molecule is CCCCCCCCCCCCOc1ccc(C#Cc2ccc(OCCCCCCCCCCCO)cc2)cc1. The Morgan fingerprint density at radius 3 is 1.12 bits per heavy atom. The fraction of sp³-hybridized carbons (Fsp3) is 0.622. The summed E-state index contributed by atoms with van der Waals surface area (Å²) in [5.41, 5.74) is 1.99. The molecule has 0 spiro atoms. The van der Waals surface area contributed by atoms with E-state index >= 15 is 0 Å². The van der Waals surface area contributed by atoms with Crippen LogP contribution in [0.1, 0.15) is 140 Å². The predicted molar refractivity (Wildman–Crippen MR) is 170 cm³/mol. The molecule has 0 bridgehead atoms. The van der Waals surface area contributed by atoms with Crippen LogP contribution in [0.25, 0.3) is 0 Å². The third kappa shape index (κ3) is 18.0. The van der Waals surface area contributed by atoms with Crippen molar-refractivity contribution < 1.29 is 14.6 Å². The van der Waals surface area contributed by atoms with Crippen LogP contribution in [0.5, 0.6) is 11.5 Å². The third-order valence-electron chi connectivity index (χ3n) is 7.40. The van der Waals surface area contributed by atoms with E-state index in [1.807, 2.05) is 48.5 Å². The summed E-state index contributed by atoms with van der Waals surface area (Å²) >= 11 is 0. The van der Waals surface area contributed by atoms with E-state index in [9.17, 15) is 0 Å². The van der Waals surface area contributed by atoms with Crippen molar-refractivity contribution in [1.82, 2.24) is 0 Å². The van der Waals surface area contributed by atoms with Gasteiger partial charge in [-0.3, -0.25) is 0 Å². The second kappa shape index (κ2) is 24.4. The maximum atomic E-state index is 8.80. The van der Waals surface area contributed by atoms with E-state index in [1.165, 1.54) is 96.3 Å². The van der Waals surface area contributed by atoms with Crippen LogP contribution in [0.2, 0.25) is 0 Å². The summed E-state index contributed by atoms with van der Waals surface area (Å²) in [4.78, 5) is 0. The zero-order chi connectivity index (χ0) is 28.4. The van der Waals surface area contributed by atoms with Gasteiger partial charge in [-0.15, -0.1) is 0 Å². The van der Waals surface area contributed by atoms with Crippen molar-refractivity contribution in [3.05, 3.63) is 59.7 Å². The van der Waals surface area contributed by atoms with Crippen LogP contribution in [-0.2, 0) is 0 Å². The molecule has 0 atom stereocenters. The van der Waals surface area contributed by atoms with Crippen LogP contribution < -0.4 is 9.47 Å². The average Bonchev–Trinajstić information content (AvgIpc) is 2.99. The number of hydrogen-bond donors (Lipinski definition) is 1. The van der Waals surface area contributed by atoms with Crippen molar-refractivity contribution in [3.63, 3.8) is 0 Å². The summed E-state index contributed by atoms with van der Waals surface area (Å²) in [7, 11) is 0. The molecule has 2 aromatic carbocycles. The first-order valence-electron chi connectivity index (χ1n) is 16.4. The Morgan fingerprint density at radius 2 is 0.775 bits per heavy atom. The lowest BCUT2D eigenvalue weighted by Gasteiger charge is -2.06. The van der Waals surface area contributed by atoms with E-state index in [0.717, 1.165) is 61.5 Å². The Balaban J connectivity index is 1.51. The fourth-order valence-electron chi connectivity index (χ4n) is 4.83. The van der Waals surface area contributed by atoms with Gasteiger partial charge in [0.2, 0.25) is 0 Å². The van der Waals surface area contributed by atoms with Crippen molar-refractivity contribution in [2.24, 2.45) is 0 Å². The van der Waals surface area contributed by atoms with Crippen LogP contribution >= 0.6 is 0 Å². The molecule has 0 saturated carbocycles. The molecule has 40 heavy (non-hydrogen) atoms. The molecule has 3 heteroatoms. The molecule has 2 aromatic rings. The van der Waals surface area contributed by atoms with Gasteiger partial charge in [0.05, 0.1) is 13.2 Å². The Hall–Kier alpha value is -2.44. The summed E-state index contributed by atoms with van der Waals surface area (Å²) in [5, 5.41) is 8.80. The van der Waals surface area contributed by atoms with E-state index in [0.29, 0.717) is 6.61 Å². The molecule has 3 nitrogen and oxygen atoms in total. The van der Waals surface area contributed by atoms with E-state index in [1.54, 1.807) is 0 Å². The Bertz CT molecular complexity index is 818. The lowest BCUT2D eigenvalue weighted by Crippen LogP contribution is -1.97. The summed E-state index contributed by atoms with van der Waals surface area (Å²) in [6.07, 6.45) is 24.3. The number of rotatable bonds is 24. The molecule has 2 rings (SSSR count). The molecule has 0 aliphatic heterocycles. The standard InChI is InChI=1S/C37H56O3/c1-2-3-4-5-6-7-10-13-16-19-32-39-36-27-23-34(24-28-36)21-22-35-25-29-37(30-26-35)40-33-20-17-14-11-8-9-12-15-18-31-38/h23-30,38H,2-20,31-33H2,1H3. The van der Waals surface area contributed by atoms with Crippen molar-refractivity contribution in [2.75, 3.05) is 19.8 Å². The first kappa shape index (κ1) is 33.8. The lowest BCUT2D eigenvalue weighted by atomic mass is 10.1. The predicted octanol–water partition coefficient (Wildman–Crippen LogP) is 10.3. The molecule has 0 amide bonds. The average molecular weight is 549 g/mol. The normalized spacial score (nSPS) is 10.8. The highest BCUT2D eigenvalue weighted by Gasteiger charge is 1.98. The zero-order valence-electron chi connectivity index (χ0n) is 25.4. The van der Waals surface area contributed by atoms with Crippen molar-refractivity contribution in [3.8, 4) is 23.3 Å². The monoisotopic (exact) mass is 548 g/mol. The molecule has 0 unspecified atom stereocenters. The van der Waals surface area contributed by atoms with Gasteiger partial charge in [0.25, 0.3) is 0 Å². The van der Waals surface area contributed by atoms with E-state index < -0.39 is 0 Å². The number of hydrogen-bond acceptors (Lipinski definition) is 3. The van der Waals surface area contributed by atoms with Gasteiger partial charge in [-0.1, -0.05) is 121 Å². The molecule has 1 N–H and O–H groups in total. The first-order valence-corrected chi connectivity index (χ1v) is 16.4. The lowest BCUT2D eigenvalue weighted by molar-refractivity contribution is 0.282. The molecule has 0 aliphatic rings. The van der Waals surface area contributed by atoms with E-state index in [-0.39, 0.29) is 0 Å². The minimum absolute atomic E-state index is 0.334. The third-order valence-corrected chi connectivity index (χ3v) is 7.40. The smallest absolute Gasteiger partial charge is 0.119 e. The Labute approximate surface area is 246 Å². The van der Waals surface area contributed by atoms with Crippen molar-refractivity contribution in [1.29, 1.82) is 0 Å². The van der Waals surface area contributed by atoms with E-state index in [4.69, 9.17) is 14.6 Å². The van der Waals surface area contributed by atoms with Crippen LogP contribution in [0, 0.1) is 11.8 Å². The maximum absolute atomic E-state index is 8.80. The molecule has 0 fully saturated rings. The molecule has 0 aromatic heterocycles. The highest BCUT2D eigenvalue weighted by Crippen LogP contribution is 2.16. The topological polar surface area (TPSA) is 38.7 Å². The minimum Gasteiger partial charge on any atom is -0.494 e. The summed E-state index contributed by atoms with van der Waals surface area (Å²) in [6, 6.07) is 16.2. The van der Waals surface area contributed by atoms with Gasteiger partial charge in [0.15, 0.2) is 0 Å². The van der Waals surface area contributed by atoms with Gasteiger partial charge in [-0.05, 0) is 67.8 Å². The Morgan fingerprint density at radius 1 is 0.450 bits per heavy atom. The molecule has 0 radical (unpaired) electrons. The molecular weight excluding hydrogens is 492 g/mol. The molecule has 0 heterocycles. The maximum Gasteiger partial charge on any atom is 0.119 e. The van der Waals surface area contributed by atoms with Crippen LogP contribution in [0.15, 0.2) is 48.5 Å². The van der Waals surface area contributed by atoms with Crippen LogP contribution in [-0.4, -0.2) is 24.9 Å². The number of aliphatic hydroxyl groups is 1. The van der Waals surface area contributed by atoms with E-state index in [2.05, 4.69) is 18.8 Å². The molecule has 0 aliphatic carbocycles. The molecular formula is C37H56O3. The van der Waals surface area contributed by atoms with Gasteiger partial charge in [0, 0.05) is 17.7 Å².